The molecule has 2 rings (SSSR count). The van der Waals surface area contributed by atoms with E-state index in [4.69, 9.17) is 5.11 Å². The summed E-state index contributed by atoms with van der Waals surface area (Å²) in [4.78, 5) is 62.8. The normalized spacial score (nSPS) is 13.0. The van der Waals surface area contributed by atoms with Crippen LogP contribution in [0.5, 0.6) is 0 Å². The number of hydrogen-bond donors (Lipinski definition) is 5. The van der Waals surface area contributed by atoms with Gasteiger partial charge < -0.3 is 43.6 Å². The first-order chi connectivity index (χ1) is 20.9. The lowest BCUT2D eigenvalue weighted by atomic mass is 9.90. The number of urea groups is 1. The molecule has 0 saturated carbocycles. The number of Topliss-reactive ketones (excluding diaryl/α,β-unsaturated/α-hetero) is 1. The fourth-order valence-electron chi connectivity index (χ4n) is 4.41. The summed E-state index contributed by atoms with van der Waals surface area (Å²) in [5.41, 5.74) is 1.22. The first-order valence-corrected chi connectivity index (χ1v) is 14.1. The first kappa shape index (κ1) is 36.6. The second kappa shape index (κ2) is 16.5. The fraction of sp³-hybridized carbons (Fsp3) is 0.538. The second-order valence-electron chi connectivity index (χ2n) is 11.3. The molecule has 0 aliphatic heterocycles. The minimum Gasteiger partial charge on any atom is -0.481 e. The topological polar surface area (TPSA) is 205 Å². The number of aliphatic carboxylic acids is 2. The highest BCUT2D eigenvalue weighted by atomic mass is 19.4. The summed E-state index contributed by atoms with van der Waals surface area (Å²) >= 11 is 0. The summed E-state index contributed by atoms with van der Waals surface area (Å²) < 4.78 is 39.6. The number of hydrogen-bond acceptors (Lipinski definition) is 8. The van der Waals surface area contributed by atoms with Gasteiger partial charge in [-0.3, -0.25) is 19.4 Å². The Morgan fingerprint density at radius 3 is 2.27 bits per heavy atom. The van der Waals surface area contributed by atoms with Crippen LogP contribution in [0.25, 0.3) is 0 Å². The highest BCUT2D eigenvalue weighted by Crippen LogP contribution is 2.16. The van der Waals surface area contributed by atoms with Gasteiger partial charge in [0, 0.05) is 19.2 Å². The molecular weight excluding hydrogens is 604 g/mol. The molecule has 2 aromatic rings. The quantitative estimate of drug-likeness (QED) is 0.0840. The molecule has 0 spiro atoms. The van der Waals surface area contributed by atoms with Crippen molar-refractivity contribution in [2.75, 3.05) is 27.1 Å². The zero-order valence-corrected chi connectivity index (χ0v) is 25.2. The van der Waals surface area contributed by atoms with Gasteiger partial charge in [-0.1, -0.05) is 5.21 Å². The van der Waals surface area contributed by atoms with E-state index in [2.05, 4.69) is 31.2 Å². The lowest BCUT2D eigenvalue weighted by Gasteiger charge is -2.33. The van der Waals surface area contributed by atoms with Crippen LogP contribution in [-0.2, 0) is 27.5 Å². The van der Waals surface area contributed by atoms with Gasteiger partial charge in [0.15, 0.2) is 5.78 Å². The maximum absolute atomic E-state index is 12.8. The average molecular weight is 642 g/mol. The van der Waals surface area contributed by atoms with Gasteiger partial charge >= 0.3 is 24.9 Å². The zero-order chi connectivity index (χ0) is 33.8. The molecule has 0 bridgehead atoms. The van der Waals surface area contributed by atoms with Crippen molar-refractivity contribution in [1.82, 2.24) is 35.9 Å². The predicted molar refractivity (Wildman–Crippen MR) is 154 cm³/mol. The minimum atomic E-state index is -4.95. The molecule has 2 atom stereocenters. The zero-order valence-electron chi connectivity index (χ0n) is 25.2. The number of nitrogens with zero attached hydrogens (tertiary/aromatic N) is 5. The molecule has 0 saturated heterocycles. The molecular formula is C26H38BF3N8O7. The van der Waals surface area contributed by atoms with Crippen molar-refractivity contribution in [2.45, 2.75) is 64.2 Å². The van der Waals surface area contributed by atoms with Crippen molar-refractivity contribution in [1.29, 1.82) is 0 Å². The number of halogens is 3. The number of aromatic nitrogens is 4. The number of ketones is 1. The molecule has 0 aliphatic carbocycles. The molecule has 19 heteroatoms. The predicted octanol–water partition coefficient (Wildman–Crippen LogP) is 1.16. The monoisotopic (exact) mass is 642 g/mol. The summed E-state index contributed by atoms with van der Waals surface area (Å²) in [5, 5.41) is 33.3. The molecule has 15 nitrogen and oxygen atoms in total. The van der Waals surface area contributed by atoms with Gasteiger partial charge in [0.25, 0.3) is 5.91 Å². The van der Waals surface area contributed by atoms with E-state index in [9.17, 15) is 42.0 Å². The molecule has 2 heterocycles. The number of amides is 3. The van der Waals surface area contributed by atoms with E-state index in [1.54, 1.807) is 18.3 Å². The maximum atomic E-state index is 12.8. The third-order valence-corrected chi connectivity index (χ3v) is 6.54. The number of quaternary nitrogens is 1. The number of carboxylic acids is 2. The Kier molecular flexibility index (Phi) is 13.4. The number of carbonyl (C=O) groups is 5. The van der Waals surface area contributed by atoms with Crippen LogP contribution in [0.2, 0.25) is 0 Å². The van der Waals surface area contributed by atoms with Crippen LogP contribution < -0.4 is 16.0 Å². The Morgan fingerprint density at radius 2 is 1.69 bits per heavy atom. The van der Waals surface area contributed by atoms with Crippen LogP contribution in [0.4, 0.5) is 17.7 Å². The maximum Gasteiger partial charge on any atom is 0.531 e. The Hall–Kier alpha value is -4.55. The minimum absolute atomic E-state index is 0.0400. The largest absolute Gasteiger partial charge is 0.531 e. The average Bonchev–Trinajstić information content (AvgIpc) is 3.34. The van der Waals surface area contributed by atoms with Crippen molar-refractivity contribution in [3.8, 4) is 0 Å². The summed E-state index contributed by atoms with van der Waals surface area (Å²) in [6.07, 6.45) is 2.25. The van der Waals surface area contributed by atoms with Gasteiger partial charge in [-0.15, -0.1) is 5.10 Å². The van der Waals surface area contributed by atoms with Crippen LogP contribution in [0.3, 0.4) is 0 Å². The molecule has 248 valence electrons. The van der Waals surface area contributed by atoms with E-state index in [1.165, 1.54) is 31.9 Å². The van der Waals surface area contributed by atoms with Crippen LogP contribution >= 0.6 is 0 Å². The Morgan fingerprint density at radius 1 is 1.00 bits per heavy atom. The first-order valence-electron chi connectivity index (χ1n) is 14.1. The number of carbonyl (C=O) groups excluding carboxylic acids is 3. The van der Waals surface area contributed by atoms with Crippen LogP contribution in [0.1, 0.15) is 60.8 Å². The molecule has 0 aliphatic rings. The van der Waals surface area contributed by atoms with Gasteiger partial charge in [0.2, 0.25) is 0 Å². The standard InChI is InChI=1S/C26H38BF3N8O7/c1-17(39)21(9-10-23(40)41)33-26(45)34-22(25(43)44)6-4-5-11-31-24(42)18-7-8-19(32-12-18)13-37-14-20(35-36-37)15-38(2,3)16-27(28,29)30/h7-8,12,14,21-22H,4-6,9-11,13,15-16H2,1-3H3,(H,31,42)(H,40,41)(H,43,44)(H2,33,34,45). The molecule has 45 heavy (non-hydrogen) atoms. The highest BCUT2D eigenvalue weighted by Gasteiger charge is 2.34. The molecule has 0 aromatic carbocycles. The second-order valence-corrected chi connectivity index (χ2v) is 11.3. The van der Waals surface area contributed by atoms with Gasteiger partial charge in [-0.25, -0.2) is 14.3 Å². The van der Waals surface area contributed by atoms with Crippen molar-refractivity contribution in [2.24, 2.45) is 0 Å². The number of unbranched alkanes of at least 4 members (excludes halogenated alkanes) is 1. The van der Waals surface area contributed by atoms with Crippen molar-refractivity contribution in [3.05, 3.63) is 41.5 Å². The molecule has 0 radical (unpaired) electrons. The third kappa shape index (κ3) is 14.2. The van der Waals surface area contributed by atoms with Gasteiger partial charge in [0.05, 0.1) is 50.6 Å². The van der Waals surface area contributed by atoms with Crippen LogP contribution in [0, 0.1) is 0 Å². The summed E-state index contributed by atoms with van der Waals surface area (Å²) in [6, 6.07) is -0.0891. The van der Waals surface area contributed by atoms with Crippen molar-refractivity contribution in [3.63, 3.8) is 0 Å². The number of rotatable bonds is 19. The number of carboxylic acid groups (broad SMARTS) is 2. The molecule has 5 N–H and O–H groups in total. The van der Waals surface area contributed by atoms with Gasteiger partial charge in [-0.2, -0.15) is 0 Å². The van der Waals surface area contributed by atoms with E-state index >= 15 is 0 Å². The number of pyridine rings is 1. The van der Waals surface area contributed by atoms with Gasteiger partial charge in [0.1, 0.15) is 18.3 Å². The highest BCUT2D eigenvalue weighted by molar-refractivity contribution is 6.58. The van der Waals surface area contributed by atoms with Crippen LogP contribution in [-0.4, -0.2) is 110 Å². The Balaban J connectivity index is 1.77. The van der Waals surface area contributed by atoms with Gasteiger partial charge in [-0.05, 0) is 44.7 Å². The lowest BCUT2D eigenvalue weighted by molar-refractivity contribution is -0.895. The summed E-state index contributed by atoms with van der Waals surface area (Å²) in [6.45, 7) is -3.31. The van der Waals surface area contributed by atoms with Crippen LogP contribution in [0.15, 0.2) is 24.5 Å². The van der Waals surface area contributed by atoms with E-state index in [0.29, 0.717) is 24.2 Å². The van der Waals surface area contributed by atoms with E-state index in [-0.39, 0.29) is 48.9 Å². The SMILES string of the molecule is CC(=O)C(CCC(=O)O)NC(=O)NC(CCCCNC(=O)c1ccc(Cn2cc(C[N+](C)(C)C[B-](F)(F)F)nn2)nc1)C(=O)O. The Bertz CT molecular complexity index is 1340. The Labute approximate surface area is 257 Å². The van der Waals surface area contributed by atoms with E-state index < -0.39 is 55.2 Å². The fourth-order valence-corrected chi connectivity index (χ4v) is 4.41. The lowest BCUT2D eigenvalue weighted by Crippen LogP contribution is -2.50. The van der Waals surface area contributed by atoms with E-state index in [1.807, 2.05) is 0 Å². The van der Waals surface area contributed by atoms with Crippen molar-refractivity contribution >= 4 is 36.6 Å². The third-order valence-electron chi connectivity index (χ3n) is 6.54. The molecule has 2 unspecified atom stereocenters. The van der Waals surface area contributed by atoms with Crippen molar-refractivity contribution < 1.29 is 51.6 Å². The molecule has 3 amide bonds. The molecule has 0 fully saturated rings. The summed E-state index contributed by atoms with van der Waals surface area (Å²) in [5.74, 6) is -3.31. The smallest absolute Gasteiger partial charge is 0.481 e. The van der Waals surface area contributed by atoms with E-state index in [0.717, 1.165) is 0 Å². The molecule has 2 aromatic heterocycles. The summed E-state index contributed by atoms with van der Waals surface area (Å²) in [7, 11) is 2.93. The number of nitrogens with one attached hydrogen (secondary N) is 3.